The van der Waals surface area contributed by atoms with Crippen LogP contribution in [-0.2, 0) is 0 Å². The summed E-state index contributed by atoms with van der Waals surface area (Å²) in [5.41, 5.74) is 0. The van der Waals surface area contributed by atoms with Crippen molar-refractivity contribution in [3.05, 3.63) is 0 Å². The summed E-state index contributed by atoms with van der Waals surface area (Å²) in [6.07, 6.45) is 31.5. The van der Waals surface area contributed by atoms with Gasteiger partial charge in [-0.3, -0.25) is 0 Å². The third kappa shape index (κ3) is 19.1. The molecule has 1 unspecified atom stereocenters. The van der Waals surface area contributed by atoms with Crippen LogP contribution < -0.4 is 0 Å². The molecule has 0 nitrogen and oxygen atoms in total. The Morgan fingerprint density at radius 1 is 0.429 bits per heavy atom. The van der Waals surface area contributed by atoms with E-state index in [1.807, 2.05) is 0 Å². The van der Waals surface area contributed by atoms with Gasteiger partial charge in [0.2, 0.25) is 0 Å². The maximum absolute atomic E-state index is 2.57. The van der Waals surface area contributed by atoms with Crippen molar-refractivity contribution in [3.63, 3.8) is 0 Å². The second kappa shape index (κ2) is 24.4. The Morgan fingerprint density at radius 3 is 0.929 bits per heavy atom. The molecule has 0 aliphatic rings. The first-order valence-corrected chi connectivity index (χ1v) is 17.5. The summed E-state index contributed by atoms with van der Waals surface area (Å²) in [4.78, 5) is 0. The van der Waals surface area contributed by atoms with Crippen molar-refractivity contribution in [2.24, 2.45) is 0 Å². The molecule has 0 heterocycles. The predicted octanol–water partition coefficient (Wildman–Crippen LogP) is 10.7. The maximum Gasteiger partial charge on any atom is 0.0613 e. The van der Waals surface area contributed by atoms with E-state index in [4.69, 9.17) is 0 Å². The highest BCUT2D eigenvalue weighted by Crippen LogP contribution is 2.74. The van der Waals surface area contributed by atoms with Gasteiger partial charge in [-0.05, 0) is 45.2 Å². The zero-order chi connectivity index (χ0) is 20.1. The van der Waals surface area contributed by atoms with Crippen molar-refractivity contribution in [1.29, 1.82) is 0 Å². The van der Waals surface area contributed by atoms with Crippen molar-refractivity contribution < 1.29 is 0 Å². The lowest BCUT2D eigenvalue weighted by Gasteiger charge is -2.26. The largest absolute Gasteiger partial charge is 0.147 e. The summed E-state index contributed by atoms with van der Waals surface area (Å²) in [7, 11) is 1.27. The molecule has 1 atom stereocenters. The van der Waals surface area contributed by atoms with Crippen molar-refractivity contribution in [3.8, 4) is 0 Å². The Hall–Kier alpha value is 1.15. The lowest BCUT2D eigenvalue weighted by molar-refractivity contribution is 0.617. The van der Waals surface area contributed by atoms with Crippen LogP contribution in [0.25, 0.3) is 0 Å². The van der Waals surface area contributed by atoms with Gasteiger partial charge in [0.1, 0.15) is 0 Å². The number of hydrogen-bond acceptors (Lipinski definition) is 0. The van der Waals surface area contributed by atoms with Crippen LogP contribution in [0.3, 0.4) is 0 Å². The standard InChI is InChI=1S/C25H55P2.ClH/c1-5-8-11-14-17-20-23-27(26-4,24-21-18-15-12-9-6-2)25-22-19-16-13-10-7-3;/h26H,5-25H2,1-4H3;1H/q+1;. The van der Waals surface area contributed by atoms with Crippen LogP contribution in [0, 0.1) is 0 Å². The summed E-state index contributed by atoms with van der Waals surface area (Å²) in [5, 5.41) is 0. The van der Waals surface area contributed by atoms with E-state index in [0.29, 0.717) is 0 Å². The topological polar surface area (TPSA) is 0 Å². The SMILES string of the molecule is CCCCCCCC[P+](CCCCCCCC)(CCCCCCCC)PC.Cl. The maximum atomic E-state index is 2.57. The summed E-state index contributed by atoms with van der Waals surface area (Å²) < 4.78 is 0. The van der Waals surface area contributed by atoms with Crippen molar-refractivity contribution in [2.45, 2.75) is 136 Å². The molecule has 0 aromatic rings. The van der Waals surface area contributed by atoms with Gasteiger partial charge in [0.25, 0.3) is 0 Å². The summed E-state index contributed by atoms with van der Waals surface area (Å²) in [6, 6.07) is 0. The molecule has 28 heavy (non-hydrogen) atoms. The van der Waals surface area contributed by atoms with Gasteiger partial charge in [-0.25, -0.2) is 0 Å². The van der Waals surface area contributed by atoms with Gasteiger partial charge >= 0.3 is 0 Å². The highest BCUT2D eigenvalue weighted by molar-refractivity contribution is 8.31. The molecule has 0 fully saturated rings. The normalized spacial score (nSPS) is 12.0. The Morgan fingerprint density at radius 2 is 0.679 bits per heavy atom. The van der Waals surface area contributed by atoms with Crippen LogP contribution in [0.1, 0.15) is 136 Å². The number of rotatable bonds is 22. The van der Waals surface area contributed by atoms with Gasteiger partial charge < -0.3 is 0 Å². The van der Waals surface area contributed by atoms with Crippen molar-refractivity contribution >= 4 is 27.6 Å². The molecule has 0 spiro atoms. The number of halogens is 1. The number of unbranched alkanes of at least 4 members (excludes halogenated alkanes) is 15. The molecule has 0 rings (SSSR count). The van der Waals surface area contributed by atoms with E-state index in [9.17, 15) is 0 Å². The van der Waals surface area contributed by atoms with Crippen LogP contribution in [0.15, 0.2) is 0 Å². The third-order valence-corrected chi connectivity index (χ3v) is 15.6. The van der Waals surface area contributed by atoms with Crippen molar-refractivity contribution in [2.75, 3.05) is 25.2 Å². The lowest BCUT2D eigenvalue weighted by atomic mass is 10.1. The quantitative estimate of drug-likeness (QED) is 0.113. The minimum atomic E-state index is -0.616. The Labute approximate surface area is 189 Å². The van der Waals surface area contributed by atoms with E-state index in [1.54, 1.807) is 37.7 Å². The molecule has 3 heteroatoms. The third-order valence-electron chi connectivity index (χ3n) is 6.29. The minimum absolute atomic E-state index is 0. The van der Waals surface area contributed by atoms with Crippen LogP contribution in [0.5, 0.6) is 0 Å². The monoisotopic (exact) mass is 453 g/mol. The van der Waals surface area contributed by atoms with Crippen molar-refractivity contribution in [1.82, 2.24) is 0 Å². The molecule has 0 N–H and O–H groups in total. The van der Waals surface area contributed by atoms with Crippen LogP contribution in [0.4, 0.5) is 0 Å². The predicted molar refractivity (Wildman–Crippen MR) is 143 cm³/mol. The van der Waals surface area contributed by atoms with E-state index in [-0.39, 0.29) is 12.4 Å². The number of hydrogen-bond donors (Lipinski definition) is 0. The van der Waals surface area contributed by atoms with E-state index >= 15 is 0 Å². The van der Waals surface area contributed by atoms with E-state index in [2.05, 4.69) is 27.4 Å². The lowest BCUT2D eigenvalue weighted by Crippen LogP contribution is -2.05. The molecule has 0 bridgehead atoms. The fourth-order valence-electron chi connectivity index (χ4n) is 4.26. The van der Waals surface area contributed by atoms with E-state index in [0.717, 1.165) is 0 Å². The van der Waals surface area contributed by atoms with Gasteiger partial charge in [-0.1, -0.05) is 97.8 Å². The highest BCUT2D eigenvalue weighted by atomic mass is 35.5. The second-order valence-corrected chi connectivity index (χ2v) is 17.1. The smallest absolute Gasteiger partial charge is 0.0613 e. The average Bonchev–Trinajstić information content (AvgIpc) is 2.69. The van der Waals surface area contributed by atoms with Gasteiger partial charge in [0.05, 0.1) is 18.5 Å². The molecule has 0 aliphatic heterocycles. The van der Waals surface area contributed by atoms with E-state index in [1.165, 1.54) is 105 Å². The van der Waals surface area contributed by atoms with Crippen LogP contribution >= 0.6 is 27.6 Å². The molecule has 0 radical (unpaired) electrons. The van der Waals surface area contributed by atoms with E-state index < -0.39 is 6.95 Å². The summed E-state index contributed by atoms with van der Waals surface area (Å²) in [5.74, 6) is 0. The zero-order valence-electron chi connectivity index (χ0n) is 20.2. The molecular formula is C25H56ClP2+. The van der Waals surface area contributed by atoms with Gasteiger partial charge in [0, 0.05) is 15.2 Å². The Bertz CT molecular complexity index is 243. The average molecular weight is 454 g/mol. The van der Waals surface area contributed by atoms with Gasteiger partial charge in [-0.15, -0.1) is 12.4 Å². The fourth-order valence-corrected chi connectivity index (χ4v) is 11.5. The Kier molecular flexibility index (Phi) is 27.3. The first-order valence-electron chi connectivity index (χ1n) is 12.8. The van der Waals surface area contributed by atoms with Gasteiger partial charge in [-0.2, -0.15) is 0 Å². The molecule has 0 amide bonds. The molecule has 0 saturated heterocycles. The first kappa shape index (κ1) is 31.3. The molecule has 0 saturated carbocycles. The molecule has 0 aliphatic carbocycles. The molecule has 0 aromatic heterocycles. The summed E-state index contributed by atoms with van der Waals surface area (Å²) >= 11 is 0. The van der Waals surface area contributed by atoms with Crippen LogP contribution in [-0.4, -0.2) is 25.2 Å². The van der Waals surface area contributed by atoms with Crippen LogP contribution in [0.2, 0.25) is 0 Å². The molecule has 0 aromatic carbocycles. The second-order valence-electron chi connectivity index (χ2n) is 8.84. The zero-order valence-corrected chi connectivity index (χ0v) is 22.9. The summed E-state index contributed by atoms with van der Waals surface area (Å²) in [6.45, 7) is 8.94. The first-order chi connectivity index (χ1) is 13.2. The van der Waals surface area contributed by atoms with Gasteiger partial charge in [0.15, 0.2) is 0 Å². The molecule has 172 valence electrons. The minimum Gasteiger partial charge on any atom is -0.147 e. The Balaban J connectivity index is 0. The highest BCUT2D eigenvalue weighted by Gasteiger charge is 2.33. The molecular weight excluding hydrogens is 398 g/mol. The fraction of sp³-hybridized carbons (Fsp3) is 1.00.